The highest BCUT2D eigenvalue weighted by Crippen LogP contribution is 2.22. The molecule has 0 bridgehead atoms. The minimum atomic E-state index is -0.260. The molecule has 0 aromatic carbocycles. The van der Waals surface area contributed by atoms with E-state index < -0.39 is 0 Å². The first-order valence-corrected chi connectivity index (χ1v) is 5.89. The van der Waals surface area contributed by atoms with Crippen LogP contribution in [-0.2, 0) is 11.2 Å². The van der Waals surface area contributed by atoms with E-state index in [2.05, 4.69) is 5.32 Å². The molecule has 2 nitrogen and oxygen atoms in total. The third kappa shape index (κ3) is 1.88. The van der Waals surface area contributed by atoms with Gasteiger partial charge in [-0.15, -0.1) is 11.3 Å². The number of hydrogen-bond donors (Lipinski definition) is 1. The van der Waals surface area contributed by atoms with Gasteiger partial charge < -0.3 is 5.32 Å². The quantitative estimate of drug-likeness (QED) is 0.825. The second-order valence-electron chi connectivity index (χ2n) is 4.04. The number of hydrogen-bond acceptors (Lipinski definition) is 3. The van der Waals surface area contributed by atoms with Gasteiger partial charge in [-0.3, -0.25) is 4.79 Å². The van der Waals surface area contributed by atoms with Crippen LogP contribution in [0.3, 0.4) is 0 Å². The van der Waals surface area contributed by atoms with Gasteiger partial charge >= 0.3 is 0 Å². The summed E-state index contributed by atoms with van der Waals surface area (Å²) in [6.07, 6.45) is 2.69. The predicted octanol–water partition coefficient (Wildman–Crippen LogP) is 2.00. The van der Waals surface area contributed by atoms with Crippen molar-refractivity contribution in [2.24, 2.45) is 0 Å². The second-order valence-corrected chi connectivity index (χ2v) is 5.07. The van der Waals surface area contributed by atoms with Crippen molar-refractivity contribution in [2.75, 3.05) is 6.54 Å². The van der Waals surface area contributed by atoms with E-state index in [1.54, 1.807) is 11.3 Å². The van der Waals surface area contributed by atoms with E-state index in [1.165, 1.54) is 4.88 Å². The van der Waals surface area contributed by atoms with Crippen LogP contribution in [0.4, 0.5) is 0 Å². The van der Waals surface area contributed by atoms with Gasteiger partial charge in [0.25, 0.3) is 0 Å². The molecule has 2 heterocycles. The van der Waals surface area contributed by atoms with E-state index >= 15 is 0 Å². The molecule has 76 valence electrons. The molecule has 0 aliphatic carbocycles. The fourth-order valence-corrected chi connectivity index (χ4v) is 2.60. The van der Waals surface area contributed by atoms with Gasteiger partial charge in [-0.05, 0) is 37.8 Å². The van der Waals surface area contributed by atoms with Crippen LogP contribution in [0.5, 0.6) is 0 Å². The molecule has 1 fully saturated rings. The smallest absolute Gasteiger partial charge is 0.157 e. The Morgan fingerprint density at radius 1 is 1.71 bits per heavy atom. The standard InChI is InChI=1S/C11H15NOS/c1-11(5-3-6-12-11)10(13)8-9-4-2-7-14-9/h2,4,7,12H,3,5-6,8H2,1H3. The second kappa shape index (κ2) is 3.83. The summed E-state index contributed by atoms with van der Waals surface area (Å²) in [7, 11) is 0. The van der Waals surface area contributed by atoms with Crippen LogP contribution in [0, 0.1) is 0 Å². The lowest BCUT2D eigenvalue weighted by Crippen LogP contribution is -2.45. The van der Waals surface area contributed by atoms with Crippen molar-refractivity contribution in [1.29, 1.82) is 0 Å². The Morgan fingerprint density at radius 2 is 2.57 bits per heavy atom. The van der Waals surface area contributed by atoms with Crippen LogP contribution in [0.2, 0.25) is 0 Å². The number of ketones is 1. The average molecular weight is 209 g/mol. The molecule has 3 heteroatoms. The molecule has 1 aliphatic rings. The van der Waals surface area contributed by atoms with E-state index in [0.29, 0.717) is 12.2 Å². The van der Waals surface area contributed by atoms with Crippen molar-refractivity contribution in [3.8, 4) is 0 Å². The van der Waals surface area contributed by atoms with Crippen molar-refractivity contribution in [1.82, 2.24) is 5.32 Å². The molecule has 1 aromatic rings. The molecule has 0 amide bonds. The third-order valence-corrected chi connectivity index (χ3v) is 3.78. The average Bonchev–Trinajstić information content (AvgIpc) is 2.76. The largest absolute Gasteiger partial charge is 0.305 e. The zero-order chi connectivity index (χ0) is 10.0. The third-order valence-electron chi connectivity index (χ3n) is 2.90. The van der Waals surface area contributed by atoms with Crippen molar-refractivity contribution in [3.63, 3.8) is 0 Å². The Labute approximate surface area is 88.3 Å². The number of Topliss-reactive ketones (excluding diaryl/α,β-unsaturated/α-hetero) is 1. The molecule has 1 unspecified atom stereocenters. The molecular formula is C11H15NOS. The summed E-state index contributed by atoms with van der Waals surface area (Å²) in [4.78, 5) is 13.1. The van der Waals surface area contributed by atoms with E-state index in [-0.39, 0.29) is 5.54 Å². The molecule has 14 heavy (non-hydrogen) atoms. The number of carbonyl (C=O) groups is 1. The van der Waals surface area contributed by atoms with Crippen molar-refractivity contribution < 1.29 is 4.79 Å². The summed E-state index contributed by atoms with van der Waals surface area (Å²) in [6.45, 7) is 3.00. The maximum atomic E-state index is 12.0. The van der Waals surface area contributed by atoms with Crippen LogP contribution in [0.25, 0.3) is 0 Å². The lowest BCUT2D eigenvalue weighted by atomic mass is 9.92. The molecular weight excluding hydrogens is 194 g/mol. The first-order valence-electron chi connectivity index (χ1n) is 5.01. The summed E-state index contributed by atoms with van der Waals surface area (Å²) < 4.78 is 0. The molecule has 2 rings (SSSR count). The molecule has 1 aliphatic heterocycles. The topological polar surface area (TPSA) is 29.1 Å². The van der Waals surface area contributed by atoms with Gasteiger partial charge in [0.05, 0.1) is 5.54 Å². The van der Waals surface area contributed by atoms with Gasteiger partial charge in [-0.2, -0.15) is 0 Å². The lowest BCUT2D eigenvalue weighted by molar-refractivity contribution is -0.123. The van der Waals surface area contributed by atoms with Crippen molar-refractivity contribution in [2.45, 2.75) is 31.7 Å². The Bertz CT molecular complexity index is 312. The summed E-state index contributed by atoms with van der Waals surface area (Å²) in [5, 5.41) is 5.32. The highest BCUT2D eigenvalue weighted by atomic mass is 32.1. The lowest BCUT2D eigenvalue weighted by Gasteiger charge is -2.22. The van der Waals surface area contributed by atoms with Crippen LogP contribution >= 0.6 is 11.3 Å². The van der Waals surface area contributed by atoms with Gasteiger partial charge in [-0.1, -0.05) is 6.07 Å². The summed E-state index contributed by atoms with van der Waals surface area (Å²) in [5.41, 5.74) is -0.260. The van der Waals surface area contributed by atoms with Crippen LogP contribution < -0.4 is 5.32 Å². The zero-order valence-corrected chi connectivity index (χ0v) is 9.19. The molecule has 1 saturated heterocycles. The van der Waals surface area contributed by atoms with Gasteiger partial charge in [0.15, 0.2) is 5.78 Å². The van der Waals surface area contributed by atoms with E-state index in [1.807, 2.05) is 24.4 Å². The molecule has 0 radical (unpaired) electrons. The Balaban J connectivity index is 2.02. The number of carbonyl (C=O) groups excluding carboxylic acids is 1. The summed E-state index contributed by atoms with van der Waals surface area (Å²) in [6, 6.07) is 4.03. The summed E-state index contributed by atoms with van der Waals surface area (Å²) >= 11 is 1.66. The minimum Gasteiger partial charge on any atom is -0.305 e. The van der Waals surface area contributed by atoms with Gasteiger partial charge in [0, 0.05) is 11.3 Å². The van der Waals surface area contributed by atoms with Crippen LogP contribution in [0.15, 0.2) is 17.5 Å². The normalized spacial score (nSPS) is 26.6. The first kappa shape index (κ1) is 9.87. The SMILES string of the molecule is CC1(C(=O)Cc2cccs2)CCCN1. The molecule has 1 atom stereocenters. The van der Waals surface area contributed by atoms with Crippen molar-refractivity contribution >= 4 is 17.1 Å². The molecule has 0 spiro atoms. The maximum absolute atomic E-state index is 12.0. The molecule has 1 aromatic heterocycles. The van der Waals surface area contributed by atoms with Crippen molar-refractivity contribution in [3.05, 3.63) is 22.4 Å². The number of nitrogens with one attached hydrogen (secondary N) is 1. The highest BCUT2D eigenvalue weighted by molar-refractivity contribution is 7.10. The van der Waals surface area contributed by atoms with E-state index in [0.717, 1.165) is 19.4 Å². The zero-order valence-electron chi connectivity index (χ0n) is 8.38. The minimum absolute atomic E-state index is 0.260. The monoisotopic (exact) mass is 209 g/mol. The Kier molecular flexibility index (Phi) is 2.70. The van der Waals surface area contributed by atoms with Crippen LogP contribution in [0.1, 0.15) is 24.6 Å². The highest BCUT2D eigenvalue weighted by Gasteiger charge is 2.35. The first-order chi connectivity index (χ1) is 6.71. The van der Waals surface area contributed by atoms with Gasteiger partial charge in [-0.25, -0.2) is 0 Å². The van der Waals surface area contributed by atoms with Crippen LogP contribution in [-0.4, -0.2) is 17.9 Å². The number of rotatable bonds is 3. The van der Waals surface area contributed by atoms with Gasteiger partial charge in [0.1, 0.15) is 0 Å². The summed E-state index contributed by atoms with van der Waals surface area (Å²) in [5.74, 6) is 0.331. The van der Waals surface area contributed by atoms with E-state index in [4.69, 9.17) is 0 Å². The molecule has 0 saturated carbocycles. The maximum Gasteiger partial charge on any atom is 0.157 e. The number of thiophene rings is 1. The van der Waals surface area contributed by atoms with Gasteiger partial charge in [0.2, 0.25) is 0 Å². The fraction of sp³-hybridized carbons (Fsp3) is 0.545. The Morgan fingerprint density at radius 3 is 3.14 bits per heavy atom. The molecule has 1 N–H and O–H groups in total. The predicted molar refractivity (Wildman–Crippen MR) is 58.7 cm³/mol. The van der Waals surface area contributed by atoms with E-state index in [9.17, 15) is 4.79 Å². The fourth-order valence-electron chi connectivity index (χ4n) is 1.90. The Hall–Kier alpha value is -0.670.